The van der Waals surface area contributed by atoms with Gasteiger partial charge in [-0.05, 0) is 43.7 Å². The number of hydrogen-bond donors (Lipinski definition) is 1. The average molecular weight is 237 g/mol. The summed E-state index contributed by atoms with van der Waals surface area (Å²) in [5, 5.41) is 4.50. The molecule has 1 saturated heterocycles. The summed E-state index contributed by atoms with van der Waals surface area (Å²) in [6.45, 7) is 4.56. The fourth-order valence-electron chi connectivity index (χ4n) is 2.55. The molecule has 0 amide bonds. The van der Waals surface area contributed by atoms with E-state index < -0.39 is 0 Å². The predicted octanol–water partition coefficient (Wildman–Crippen LogP) is 1.28. The van der Waals surface area contributed by atoms with Crippen LogP contribution in [0.5, 0.6) is 0 Å². The molecule has 1 aliphatic rings. The molecule has 0 atom stereocenters. The zero-order chi connectivity index (χ0) is 12.3. The Kier molecular flexibility index (Phi) is 3.84. The van der Waals surface area contributed by atoms with Crippen LogP contribution in [-0.2, 0) is 24.6 Å². The summed E-state index contributed by atoms with van der Waals surface area (Å²) in [7, 11) is 2.03. The molecule has 4 heteroatoms. The summed E-state index contributed by atoms with van der Waals surface area (Å²) in [6, 6.07) is 2.22. The van der Waals surface area contributed by atoms with Crippen molar-refractivity contribution in [2.75, 3.05) is 19.8 Å². The molecule has 96 valence electrons. The molecule has 1 fully saturated rings. The Hall–Kier alpha value is -0.870. The van der Waals surface area contributed by atoms with Crippen molar-refractivity contribution in [3.05, 3.63) is 17.5 Å². The van der Waals surface area contributed by atoms with Gasteiger partial charge in [0.2, 0.25) is 0 Å². The number of ether oxygens (including phenoxy) is 1. The fraction of sp³-hybridized carbons (Fsp3) is 0.769. The zero-order valence-corrected chi connectivity index (χ0v) is 10.9. The first-order valence-electron chi connectivity index (χ1n) is 6.49. The summed E-state index contributed by atoms with van der Waals surface area (Å²) in [6.07, 6.45) is 4.15. The van der Waals surface area contributed by atoms with Crippen molar-refractivity contribution in [3.8, 4) is 0 Å². The Morgan fingerprint density at radius 2 is 2.18 bits per heavy atom. The first kappa shape index (κ1) is 12.6. The number of nitrogens with two attached hydrogens (primary N) is 1. The Morgan fingerprint density at radius 3 is 2.71 bits per heavy atom. The van der Waals surface area contributed by atoms with Gasteiger partial charge in [0.1, 0.15) is 0 Å². The van der Waals surface area contributed by atoms with E-state index in [0.29, 0.717) is 0 Å². The first-order chi connectivity index (χ1) is 8.19. The van der Waals surface area contributed by atoms with Gasteiger partial charge < -0.3 is 10.5 Å². The molecule has 1 aliphatic heterocycles. The minimum absolute atomic E-state index is 0.219. The van der Waals surface area contributed by atoms with Crippen LogP contribution in [0.4, 0.5) is 0 Å². The van der Waals surface area contributed by atoms with Gasteiger partial charge in [-0.15, -0.1) is 0 Å². The molecule has 0 aromatic carbocycles. The van der Waals surface area contributed by atoms with Crippen molar-refractivity contribution in [3.63, 3.8) is 0 Å². The summed E-state index contributed by atoms with van der Waals surface area (Å²) < 4.78 is 7.45. The van der Waals surface area contributed by atoms with Crippen molar-refractivity contribution in [1.29, 1.82) is 0 Å². The summed E-state index contributed by atoms with van der Waals surface area (Å²) in [5.74, 6) is 0. The van der Waals surface area contributed by atoms with Gasteiger partial charge >= 0.3 is 0 Å². The molecule has 2 rings (SSSR count). The van der Waals surface area contributed by atoms with E-state index in [-0.39, 0.29) is 5.41 Å². The topological polar surface area (TPSA) is 53.1 Å². The molecule has 0 radical (unpaired) electrons. The quantitative estimate of drug-likeness (QED) is 0.858. The second-order valence-corrected chi connectivity index (χ2v) is 5.10. The predicted molar refractivity (Wildman–Crippen MR) is 67.8 cm³/mol. The lowest BCUT2D eigenvalue weighted by molar-refractivity contribution is 0.0183. The van der Waals surface area contributed by atoms with E-state index in [1.165, 1.54) is 11.4 Å². The van der Waals surface area contributed by atoms with Crippen LogP contribution in [0.15, 0.2) is 6.07 Å². The van der Waals surface area contributed by atoms with E-state index in [9.17, 15) is 0 Å². The molecule has 0 bridgehead atoms. The molecule has 0 spiro atoms. The van der Waals surface area contributed by atoms with Gasteiger partial charge in [-0.3, -0.25) is 4.68 Å². The largest absolute Gasteiger partial charge is 0.381 e. The lowest BCUT2D eigenvalue weighted by Gasteiger charge is -2.36. The van der Waals surface area contributed by atoms with E-state index in [1.807, 2.05) is 11.7 Å². The Bertz CT molecular complexity index is 367. The van der Waals surface area contributed by atoms with E-state index >= 15 is 0 Å². The monoisotopic (exact) mass is 237 g/mol. The Balaban J connectivity index is 2.14. The summed E-state index contributed by atoms with van der Waals surface area (Å²) in [5.41, 5.74) is 8.68. The van der Waals surface area contributed by atoms with Crippen molar-refractivity contribution < 1.29 is 4.74 Å². The van der Waals surface area contributed by atoms with Crippen molar-refractivity contribution in [1.82, 2.24) is 9.78 Å². The van der Waals surface area contributed by atoms with E-state index in [1.54, 1.807) is 0 Å². The molecular formula is C13H23N3O. The zero-order valence-electron chi connectivity index (χ0n) is 10.9. The Morgan fingerprint density at radius 1 is 1.47 bits per heavy atom. The van der Waals surface area contributed by atoms with Crippen LogP contribution >= 0.6 is 0 Å². The second kappa shape index (κ2) is 5.19. The molecule has 2 N–H and O–H groups in total. The first-order valence-corrected chi connectivity index (χ1v) is 6.49. The third-order valence-corrected chi connectivity index (χ3v) is 3.93. The third-order valence-electron chi connectivity index (χ3n) is 3.93. The minimum atomic E-state index is 0.219. The van der Waals surface area contributed by atoms with E-state index in [0.717, 1.165) is 45.4 Å². The van der Waals surface area contributed by atoms with Gasteiger partial charge in [0.05, 0.1) is 5.69 Å². The molecule has 17 heavy (non-hydrogen) atoms. The summed E-state index contributed by atoms with van der Waals surface area (Å²) >= 11 is 0. The maximum absolute atomic E-state index is 5.99. The van der Waals surface area contributed by atoms with Crippen LogP contribution in [0.25, 0.3) is 0 Å². The molecule has 1 aromatic heterocycles. The highest BCUT2D eigenvalue weighted by atomic mass is 16.5. The maximum atomic E-state index is 5.99. The van der Waals surface area contributed by atoms with Crippen LogP contribution in [0.2, 0.25) is 0 Å². The number of aromatic nitrogens is 2. The number of hydrogen-bond acceptors (Lipinski definition) is 3. The maximum Gasteiger partial charge on any atom is 0.0624 e. The standard InChI is InChI=1S/C13H23N3O/c1-3-11-8-12(16(2)15-11)9-13(10-14)4-6-17-7-5-13/h8H,3-7,9-10,14H2,1-2H3. The lowest BCUT2D eigenvalue weighted by Crippen LogP contribution is -2.38. The molecule has 0 unspecified atom stereocenters. The van der Waals surface area contributed by atoms with Crippen LogP contribution in [-0.4, -0.2) is 29.5 Å². The molecular weight excluding hydrogens is 214 g/mol. The number of aryl methyl sites for hydroxylation is 2. The normalized spacial score (nSPS) is 19.5. The molecule has 0 aliphatic carbocycles. The van der Waals surface area contributed by atoms with Gasteiger partial charge in [-0.25, -0.2) is 0 Å². The van der Waals surface area contributed by atoms with Gasteiger partial charge in [0.25, 0.3) is 0 Å². The Labute approximate surface area is 103 Å². The molecule has 0 saturated carbocycles. The second-order valence-electron chi connectivity index (χ2n) is 5.10. The molecule has 2 heterocycles. The van der Waals surface area contributed by atoms with Gasteiger partial charge in [-0.2, -0.15) is 5.10 Å². The molecule has 4 nitrogen and oxygen atoms in total. The van der Waals surface area contributed by atoms with E-state index in [2.05, 4.69) is 18.1 Å². The average Bonchev–Trinajstić information content (AvgIpc) is 2.71. The number of rotatable bonds is 4. The minimum Gasteiger partial charge on any atom is -0.381 e. The van der Waals surface area contributed by atoms with Crippen LogP contribution < -0.4 is 5.73 Å². The summed E-state index contributed by atoms with van der Waals surface area (Å²) in [4.78, 5) is 0. The van der Waals surface area contributed by atoms with Crippen molar-refractivity contribution >= 4 is 0 Å². The fourth-order valence-corrected chi connectivity index (χ4v) is 2.55. The molecule has 1 aromatic rings. The highest BCUT2D eigenvalue weighted by Gasteiger charge is 2.32. The van der Waals surface area contributed by atoms with Crippen molar-refractivity contribution in [2.24, 2.45) is 18.2 Å². The van der Waals surface area contributed by atoms with Crippen molar-refractivity contribution in [2.45, 2.75) is 32.6 Å². The van der Waals surface area contributed by atoms with Crippen LogP contribution in [0.1, 0.15) is 31.2 Å². The smallest absolute Gasteiger partial charge is 0.0624 e. The van der Waals surface area contributed by atoms with Gasteiger partial charge in [-0.1, -0.05) is 6.92 Å². The van der Waals surface area contributed by atoms with Crippen LogP contribution in [0, 0.1) is 5.41 Å². The highest BCUT2D eigenvalue weighted by molar-refractivity contribution is 5.12. The van der Waals surface area contributed by atoms with Crippen LogP contribution in [0.3, 0.4) is 0 Å². The number of nitrogens with zero attached hydrogens (tertiary/aromatic N) is 2. The van der Waals surface area contributed by atoms with Gasteiger partial charge in [0.15, 0.2) is 0 Å². The third kappa shape index (κ3) is 2.69. The van der Waals surface area contributed by atoms with Gasteiger partial charge in [0, 0.05) is 26.0 Å². The van der Waals surface area contributed by atoms with E-state index in [4.69, 9.17) is 10.5 Å². The highest BCUT2D eigenvalue weighted by Crippen LogP contribution is 2.33. The SMILES string of the molecule is CCc1cc(CC2(CN)CCOCC2)n(C)n1. The lowest BCUT2D eigenvalue weighted by atomic mass is 9.76.